The number of hydrogen-bond acceptors (Lipinski definition) is 7. The molecule has 1 unspecified atom stereocenters. The number of likely N-dealkylation sites (tertiary alicyclic amines) is 1. The Labute approximate surface area is 186 Å². The molecule has 0 spiro atoms. The van der Waals surface area contributed by atoms with Gasteiger partial charge in [-0.2, -0.15) is 0 Å². The number of nitro groups is 1. The molecule has 1 atom stereocenters. The Hall–Kier alpha value is -2.95. The second-order valence-electron chi connectivity index (χ2n) is 8.47. The van der Waals surface area contributed by atoms with Gasteiger partial charge in [0.1, 0.15) is 17.1 Å². The molecule has 2 rings (SSSR count). The van der Waals surface area contributed by atoms with E-state index in [0.717, 1.165) is 12.1 Å². The first-order valence-corrected chi connectivity index (χ1v) is 10.6. The van der Waals surface area contributed by atoms with Crippen LogP contribution in [0.25, 0.3) is 0 Å². The summed E-state index contributed by atoms with van der Waals surface area (Å²) >= 11 is 0. The van der Waals surface area contributed by atoms with Crippen molar-refractivity contribution in [1.29, 1.82) is 0 Å². The molecular formula is C21H31FN4O6. The smallest absolute Gasteiger partial charge is 0.410 e. The molecule has 1 aromatic carbocycles. The van der Waals surface area contributed by atoms with Gasteiger partial charge in [0.25, 0.3) is 11.6 Å². The Bertz CT molecular complexity index is 842. The van der Waals surface area contributed by atoms with Gasteiger partial charge >= 0.3 is 6.09 Å². The maximum atomic E-state index is 14.6. The van der Waals surface area contributed by atoms with Crippen LogP contribution < -0.4 is 10.6 Å². The van der Waals surface area contributed by atoms with E-state index >= 15 is 0 Å². The number of nitro benzene ring substituents is 1. The van der Waals surface area contributed by atoms with Gasteiger partial charge < -0.3 is 25.0 Å². The largest absolute Gasteiger partial charge is 0.444 e. The molecule has 1 heterocycles. The number of benzene rings is 1. The van der Waals surface area contributed by atoms with Gasteiger partial charge in [0.05, 0.1) is 17.1 Å². The highest BCUT2D eigenvalue weighted by molar-refractivity contribution is 5.96. The maximum Gasteiger partial charge on any atom is 0.410 e. The number of rotatable bonds is 8. The van der Waals surface area contributed by atoms with Crippen LogP contribution in [0.4, 0.5) is 20.6 Å². The Balaban J connectivity index is 2.09. The molecule has 11 heteroatoms. The minimum absolute atomic E-state index is 0.0301. The fourth-order valence-electron chi connectivity index (χ4n) is 3.28. The highest BCUT2D eigenvalue weighted by atomic mass is 19.1. The van der Waals surface area contributed by atoms with Crippen molar-refractivity contribution >= 4 is 23.4 Å². The van der Waals surface area contributed by atoms with Crippen LogP contribution in [0.3, 0.4) is 0 Å². The van der Waals surface area contributed by atoms with Gasteiger partial charge in [0.15, 0.2) is 0 Å². The summed E-state index contributed by atoms with van der Waals surface area (Å²) in [6.45, 7) is 8.84. The fourth-order valence-corrected chi connectivity index (χ4v) is 3.28. The van der Waals surface area contributed by atoms with E-state index in [-0.39, 0.29) is 18.8 Å². The first-order chi connectivity index (χ1) is 15.0. The predicted molar refractivity (Wildman–Crippen MR) is 116 cm³/mol. The summed E-state index contributed by atoms with van der Waals surface area (Å²) in [7, 11) is 0. The number of anilines is 1. The molecule has 10 nitrogen and oxygen atoms in total. The van der Waals surface area contributed by atoms with Crippen LogP contribution in [0.5, 0.6) is 0 Å². The van der Waals surface area contributed by atoms with Crippen molar-refractivity contribution in [3.8, 4) is 0 Å². The number of nitrogens with zero attached hydrogens (tertiary/aromatic N) is 2. The fraction of sp³-hybridized carbons (Fsp3) is 0.619. The predicted octanol–water partition coefficient (Wildman–Crippen LogP) is 3.31. The molecule has 0 aromatic heterocycles. The maximum absolute atomic E-state index is 14.6. The van der Waals surface area contributed by atoms with Crippen molar-refractivity contribution in [2.75, 3.05) is 38.2 Å². The quantitative estimate of drug-likeness (QED) is 0.351. The lowest BCUT2D eigenvalue weighted by atomic mass is 10.0. The van der Waals surface area contributed by atoms with E-state index < -0.39 is 45.6 Å². The monoisotopic (exact) mass is 454 g/mol. The Morgan fingerprint density at radius 2 is 2.06 bits per heavy atom. The number of hydrogen-bond donors (Lipinski definition) is 2. The van der Waals surface area contributed by atoms with Crippen molar-refractivity contribution in [3.63, 3.8) is 0 Å². The zero-order valence-corrected chi connectivity index (χ0v) is 18.9. The van der Waals surface area contributed by atoms with Crippen LogP contribution in [0, 0.1) is 15.9 Å². The number of halogens is 1. The zero-order chi connectivity index (χ0) is 23.9. The van der Waals surface area contributed by atoms with E-state index in [1.807, 2.05) is 6.92 Å². The number of ether oxygens (including phenoxy) is 2. The molecule has 0 bridgehead atoms. The van der Waals surface area contributed by atoms with E-state index in [1.54, 1.807) is 20.8 Å². The van der Waals surface area contributed by atoms with Crippen LogP contribution in [0.1, 0.15) is 50.9 Å². The van der Waals surface area contributed by atoms with Crippen molar-refractivity contribution in [1.82, 2.24) is 10.2 Å². The zero-order valence-electron chi connectivity index (χ0n) is 18.9. The average molecular weight is 454 g/mol. The number of carbonyl (C=O) groups is 2. The molecule has 32 heavy (non-hydrogen) atoms. The van der Waals surface area contributed by atoms with Crippen molar-refractivity contribution in [2.24, 2.45) is 0 Å². The van der Waals surface area contributed by atoms with Gasteiger partial charge in [-0.25, -0.2) is 9.18 Å². The Morgan fingerprint density at radius 3 is 2.69 bits per heavy atom. The summed E-state index contributed by atoms with van der Waals surface area (Å²) in [6, 6.07) is 1.43. The molecule has 1 fully saturated rings. The van der Waals surface area contributed by atoms with Crippen LogP contribution >= 0.6 is 0 Å². The minimum atomic E-state index is -0.883. The van der Waals surface area contributed by atoms with Gasteiger partial charge in [-0.15, -0.1) is 0 Å². The van der Waals surface area contributed by atoms with Gasteiger partial charge in [0.2, 0.25) is 0 Å². The normalized spacial score (nSPS) is 16.4. The topological polar surface area (TPSA) is 123 Å². The van der Waals surface area contributed by atoms with Gasteiger partial charge in [-0.1, -0.05) is 0 Å². The third-order valence-electron chi connectivity index (χ3n) is 4.70. The highest BCUT2D eigenvalue weighted by Gasteiger charge is 2.30. The first-order valence-electron chi connectivity index (χ1n) is 10.6. The lowest BCUT2D eigenvalue weighted by Crippen LogP contribution is -2.50. The summed E-state index contributed by atoms with van der Waals surface area (Å²) in [5.41, 5.74) is -1.51. The molecule has 2 amide bonds. The molecule has 178 valence electrons. The summed E-state index contributed by atoms with van der Waals surface area (Å²) in [5, 5.41) is 16.9. The third-order valence-corrected chi connectivity index (χ3v) is 4.70. The van der Waals surface area contributed by atoms with E-state index in [9.17, 15) is 24.1 Å². The second kappa shape index (κ2) is 11.1. The molecule has 2 N–H and O–H groups in total. The number of carbonyl (C=O) groups excluding carboxylic acids is 2. The lowest BCUT2D eigenvalue weighted by Gasteiger charge is -2.34. The van der Waals surface area contributed by atoms with E-state index in [4.69, 9.17) is 9.47 Å². The minimum Gasteiger partial charge on any atom is -0.444 e. The second-order valence-corrected chi connectivity index (χ2v) is 8.47. The van der Waals surface area contributed by atoms with Crippen LogP contribution in [-0.2, 0) is 9.47 Å². The first kappa shape index (κ1) is 25.3. The summed E-state index contributed by atoms with van der Waals surface area (Å²) < 4.78 is 25.1. The summed E-state index contributed by atoms with van der Waals surface area (Å²) in [4.78, 5) is 37.2. The standard InChI is InChI=1S/C21H31FN4O6/c1-5-31-10-8-23-17-12-16(22)15(11-18(17)26(29)30)19(27)24-14-7-6-9-25(13-14)20(28)32-21(2,3)4/h11-12,14,23H,5-10,13H2,1-4H3,(H,24,27). The molecule has 1 saturated heterocycles. The third kappa shape index (κ3) is 7.33. The van der Waals surface area contributed by atoms with E-state index in [0.29, 0.717) is 32.6 Å². The molecule has 0 radical (unpaired) electrons. The SMILES string of the molecule is CCOCCNc1cc(F)c(C(=O)NC2CCCN(C(=O)OC(C)(C)C)C2)cc1[N+](=O)[O-]. The summed E-state index contributed by atoms with van der Waals surface area (Å²) in [6.07, 6.45) is 0.738. The molecule has 0 aliphatic carbocycles. The van der Waals surface area contributed by atoms with E-state index in [1.165, 1.54) is 4.90 Å². The van der Waals surface area contributed by atoms with Gasteiger partial charge in [-0.3, -0.25) is 14.9 Å². The molecule has 1 aliphatic rings. The van der Waals surface area contributed by atoms with Crippen molar-refractivity contribution in [3.05, 3.63) is 33.6 Å². The molecule has 1 aromatic rings. The Kier molecular flexibility index (Phi) is 8.76. The lowest BCUT2D eigenvalue weighted by molar-refractivity contribution is -0.384. The average Bonchev–Trinajstić information content (AvgIpc) is 2.70. The summed E-state index contributed by atoms with van der Waals surface area (Å²) in [5.74, 6) is -1.66. The van der Waals surface area contributed by atoms with Crippen LogP contribution in [0.2, 0.25) is 0 Å². The molecule has 0 saturated carbocycles. The van der Waals surface area contributed by atoms with Gasteiger partial charge in [-0.05, 0) is 40.5 Å². The number of nitrogens with one attached hydrogen (secondary N) is 2. The van der Waals surface area contributed by atoms with Crippen molar-refractivity contribution < 1.29 is 28.4 Å². The van der Waals surface area contributed by atoms with E-state index in [2.05, 4.69) is 10.6 Å². The number of piperidine rings is 1. The van der Waals surface area contributed by atoms with Gasteiger partial charge in [0, 0.05) is 44.4 Å². The Morgan fingerprint density at radius 1 is 1.34 bits per heavy atom. The van der Waals surface area contributed by atoms with Crippen LogP contribution in [-0.4, -0.2) is 66.3 Å². The number of amides is 2. The molecular weight excluding hydrogens is 423 g/mol. The highest BCUT2D eigenvalue weighted by Crippen LogP contribution is 2.28. The van der Waals surface area contributed by atoms with Crippen molar-refractivity contribution in [2.45, 2.75) is 52.2 Å². The molecule has 1 aliphatic heterocycles. The van der Waals surface area contributed by atoms with Crippen LogP contribution in [0.15, 0.2) is 12.1 Å².